The second-order valence-electron chi connectivity index (χ2n) is 8.03. The number of nitro groups is 1. The first-order chi connectivity index (χ1) is 18.7. The molecule has 1 saturated heterocycles. The average Bonchev–Trinajstić information content (AvgIpc) is 3.17. The van der Waals surface area contributed by atoms with Crippen molar-refractivity contribution < 1.29 is 28.8 Å². The zero-order valence-corrected chi connectivity index (χ0v) is 24.2. The van der Waals surface area contributed by atoms with Gasteiger partial charge in [-0.2, -0.15) is 0 Å². The van der Waals surface area contributed by atoms with Gasteiger partial charge in [0, 0.05) is 21.1 Å². The summed E-state index contributed by atoms with van der Waals surface area (Å²) >= 11 is 7.53. The van der Waals surface area contributed by atoms with Gasteiger partial charge in [-0.1, -0.05) is 28.1 Å². The number of para-hydroxylation sites is 1. The summed E-state index contributed by atoms with van der Waals surface area (Å²) in [5, 5.41) is 13.0. The second kappa shape index (κ2) is 12.5. The number of hydrogen-bond acceptors (Lipinski definition) is 8. The molecule has 3 aromatic carbocycles. The van der Waals surface area contributed by atoms with E-state index in [1.807, 2.05) is 0 Å². The van der Waals surface area contributed by atoms with E-state index in [1.165, 1.54) is 25.3 Å². The van der Waals surface area contributed by atoms with E-state index < -0.39 is 28.5 Å². The molecule has 0 aromatic heterocycles. The molecule has 0 saturated carbocycles. The number of non-ortho nitro benzene ring substituents is 1. The van der Waals surface area contributed by atoms with E-state index >= 15 is 0 Å². The van der Waals surface area contributed by atoms with Crippen molar-refractivity contribution in [3.05, 3.63) is 95.8 Å². The smallest absolute Gasteiger partial charge is 0.294 e. The predicted molar refractivity (Wildman–Crippen MR) is 154 cm³/mol. The standard InChI is InChI=1S/C26H19Br2N3O7S/c1-37-21-10-16(19(28)12-22(21)38-14-15-6-8-17(9-7-15)31(35)36)11-23-25(33)30(26(34)39-23)13-24(32)29-20-5-3-2-4-18(20)27/h2-12H,13-14H2,1H3,(H,29,32)/b23-11+. The van der Waals surface area contributed by atoms with Gasteiger partial charge in [-0.3, -0.25) is 29.4 Å². The van der Waals surface area contributed by atoms with Gasteiger partial charge in [-0.15, -0.1) is 0 Å². The monoisotopic (exact) mass is 675 g/mol. The van der Waals surface area contributed by atoms with Gasteiger partial charge >= 0.3 is 0 Å². The Hall–Kier alpha value is -3.68. The lowest BCUT2D eigenvalue weighted by atomic mass is 10.1. The minimum atomic E-state index is -0.586. The third-order valence-electron chi connectivity index (χ3n) is 5.43. The summed E-state index contributed by atoms with van der Waals surface area (Å²) in [6, 6.07) is 16.3. The van der Waals surface area contributed by atoms with Crippen LogP contribution in [0.25, 0.3) is 6.08 Å². The second-order valence-corrected chi connectivity index (χ2v) is 10.7. The molecular formula is C26H19Br2N3O7S. The van der Waals surface area contributed by atoms with Crippen molar-refractivity contribution >= 4 is 78.1 Å². The highest BCUT2D eigenvalue weighted by Crippen LogP contribution is 2.38. The molecule has 0 spiro atoms. The molecule has 13 heteroatoms. The maximum Gasteiger partial charge on any atom is 0.294 e. The van der Waals surface area contributed by atoms with Crippen molar-refractivity contribution in [2.24, 2.45) is 0 Å². The Balaban J connectivity index is 1.46. The minimum Gasteiger partial charge on any atom is -0.493 e. The zero-order chi connectivity index (χ0) is 28.1. The van der Waals surface area contributed by atoms with Crippen molar-refractivity contribution in [1.29, 1.82) is 0 Å². The number of imide groups is 1. The highest BCUT2D eigenvalue weighted by molar-refractivity contribution is 9.11. The Kier molecular flexibility index (Phi) is 9.04. The van der Waals surface area contributed by atoms with Gasteiger partial charge in [-0.05, 0) is 81.3 Å². The van der Waals surface area contributed by atoms with Crippen molar-refractivity contribution in [2.45, 2.75) is 6.61 Å². The first-order valence-corrected chi connectivity index (χ1v) is 13.6. The molecule has 1 aliphatic heterocycles. The van der Waals surface area contributed by atoms with E-state index in [4.69, 9.17) is 9.47 Å². The van der Waals surface area contributed by atoms with Crippen LogP contribution in [-0.2, 0) is 16.2 Å². The number of rotatable bonds is 9. The first kappa shape index (κ1) is 28.3. The summed E-state index contributed by atoms with van der Waals surface area (Å²) in [5.74, 6) is -0.324. The SMILES string of the molecule is COc1cc(/C=C2/SC(=O)N(CC(=O)Nc3ccccc3Br)C2=O)c(Br)cc1OCc1ccc([N+](=O)[O-])cc1. The van der Waals surface area contributed by atoms with E-state index in [0.29, 0.717) is 31.7 Å². The van der Waals surface area contributed by atoms with Crippen LogP contribution in [-0.4, -0.2) is 40.5 Å². The number of amides is 3. The number of methoxy groups -OCH3 is 1. The van der Waals surface area contributed by atoms with Gasteiger partial charge in [-0.25, -0.2) is 0 Å². The Morgan fingerprint density at radius 1 is 1.08 bits per heavy atom. The van der Waals surface area contributed by atoms with Crippen molar-refractivity contribution in [2.75, 3.05) is 19.0 Å². The fourth-order valence-corrected chi connectivity index (χ4v) is 5.13. The molecule has 200 valence electrons. The molecule has 10 nitrogen and oxygen atoms in total. The van der Waals surface area contributed by atoms with Crippen LogP contribution in [0.3, 0.4) is 0 Å². The highest BCUT2D eigenvalue weighted by Gasteiger charge is 2.36. The maximum atomic E-state index is 12.9. The van der Waals surface area contributed by atoms with Crippen molar-refractivity contribution in [1.82, 2.24) is 4.90 Å². The first-order valence-electron chi connectivity index (χ1n) is 11.2. The molecule has 4 rings (SSSR count). The number of anilines is 1. The summed E-state index contributed by atoms with van der Waals surface area (Å²) in [4.78, 5) is 49.4. The third-order valence-corrected chi connectivity index (χ3v) is 7.72. The summed E-state index contributed by atoms with van der Waals surface area (Å²) in [6.45, 7) is -0.288. The van der Waals surface area contributed by atoms with Gasteiger partial charge in [0.15, 0.2) is 11.5 Å². The lowest BCUT2D eigenvalue weighted by molar-refractivity contribution is -0.384. The van der Waals surface area contributed by atoms with Crippen LogP contribution < -0.4 is 14.8 Å². The zero-order valence-electron chi connectivity index (χ0n) is 20.2. The normalized spacial score (nSPS) is 14.0. The molecule has 3 aromatic rings. The number of nitrogens with zero attached hydrogens (tertiary/aromatic N) is 2. The van der Waals surface area contributed by atoms with Gasteiger partial charge < -0.3 is 14.8 Å². The molecule has 3 amide bonds. The third kappa shape index (κ3) is 6.85. The Morgan fingerprint density at radius 2 is 1.79 bits per heavy atom. The molecule has 1 aliphatic rings. The van der Waals surface area contributed by atoms with Crippen LogP contribution in [0.2, 0.25) is 0 Å². The maximum absolute atomic E-state index is 12.9. The number of nitro benzene ring substituents is 1. The summed E-state index contributed by atoms with van der Waals surface area (Å²) in [6.07, 6.45) is 1.53. The number of hydrogen-bond donors (Lipinski definition) is 1. The van der Waals surface area contributed by atoms with Gasteiger partial charge in [0.1, 0.15) is 13.2 Å². The summed E-state index contributed by atoms with van der Waals surface area (Å²) in [5.41, 5.74) is 1.78. The molecule has 0 aliphatic carbocycles. The van der Waals surface area contributed by atoms with Crippen LogP contribution in [0.4, 0.5) is 16.2 Å². The largest absolute Gasteiger partial charge is 0.493 e. The fraction of sp³-hybridized carbons (Fsp3) is 0.115. The fourth-order valence-electron chi connectivity index (χ4n) is 3.48. The van der Waals surface area contributed by atoms with Crippen LogP contribution >= 0.6 is 43.6 Å². The molecule has 0 radical (unpaired) electrons. The number of nitrogens with one attached hydrogen (secondary N) is 1. The summed E-state index contributed by atoms with van der Waals surface area (Å²) < 4.78 is 12.5. The Labute approximate surface area is 243 Å². The van der Waals surface area contributed by atoms with Gasteiger partial charge in [0.25, 0.3) is 16.8 Å². The molecular weight excluding hydrogens is 658 g/mol. The molecule has 1 fully saturated rings. The number of carbonyl (C=O) groups excluding carboxylic acids is 3. The predicted octanol–water partition coefficient (Wildman–Crippen LogP) is 6.38. The minimum absolute atomic E-state index is 0.0160. The summed E-state index contributed by atoms with van der Waals surface area (Å²) in [7, 11) is 1.46. The lowest BCUT2D eigenvalue weighted by Crippen LogP contribution is -2.36. The topological polar surface area (TPSA) is 128 Å². The molecule has 39 heavy (non-hydrogen) atoms. The van der Waals surface area contributed by atoms with E-state index in [0.717, 1.165) is 22.2 Å². The van der Waals surface area contributed by atoms with E-state index in [9.17, 15) is 24.5 Å². The van der Waals surface area contributed by atoms with Crippen molar-refractivity contribution in [3.8, 4) is 11.5 Å². The van der Waals surface area contributed by atoms with Crippen LogP contribution in [0, 0.1) is 10.1 Å². The van der Waals surface area contributed by atoms with E-state index in [2.05, 4.69) is 37.2 Å². The molecule has 0 unspecified atom stereocenters. The lowest BCUT2D eigenvalue weighted by Gasteiger charge is -2.14. The average molecular weight is 677 g/mol. The van der Waals surface area contributed by atoms with Crippen LogP contribution in [0.1, 0.15) is 11.1 Å². The van der Waals surface area contributed by atoms with Crippen LogP contribution in [0.15, 0.2) is 74.5 Å². The number of ether oxygens (including phenoxy) is 2. The highest BCUT2D eigenvalue weighted by atomic mass is 79.9. The molecule has 0 atom stereocenters. The quantitative estimate of drug-likeness (QED) is 0.157. The van der Waals surface area contributed by atoms with Gasteiger partial charge in [0.05, 0.1) is 22.6 Å². The van der Waals surface area contributed by atoms with Crippen LogP contribution in [0.5, 0.6) is 11.5 Å². The Morgan fingerprint density at radius 3 is 2.46 bits per heavy atom. The van der Waals surface area contributed by atoms with Gasteiger partial charge in [0.2, 0.25) is 5.91 Å². The van der Waals surface area contributed by atoms with Crippen molar-refractivity contribution in [3.63, 3.8) is 0 Å². The number of benzene rings is 3. The number of carbonyl (C=O) groups is 3. The van der Waals surface area contributed by atoms with E-state index in [-0.39, 0.29) is 17.2 Å². The number of thioether (sulfide) groups is 1. The molecule has 1 N–H and O–H groups in total. The molecule has 0 bridgehead atoms. The number of halogens is 2. The van der Waals surface area contributed by atoms with E-state index in [1.54, 1.807) is 48.5 Å². The Bertz CT molecular complexity index is 1500. The molecule has 1 heterocycles.